The van der Waals surface area contributed by atoms with E-state index in [0.717, 1.165) is 44.9 Å². The zero-order chi connectivity index (χ0) is 20.4. The molecule has 0 saturated carbocycles. The molecule has 2 atom stereocenters. The number of hydrogen-bond acceptors (Lipinski definition) is 4. The van der Waals surface area contributed by atoms with Crippen LogP contribution < -0.4 is 29.6 Å². The Morgan fingerprint density at radius 2 is 1.04 bits per heavy atom. The molecule has 0 rings (SSSR count). The van der Waals surface area contributed by atoms with Crippen molar-refractivity contribution in [1.29, 1.82) is 0 Å². The summed E-state index contributed by atoms with van der Waals surface area (Å²) in [5, 5.41) is 9.31. The summed E-state index contributed by atoms with van der Waals surface area (Å²) in [7, 11) is -4.11. The van der Waals surface area contributed by atoms with Crippen molar-refractivity contribution in [2.75, 3.05) is 0 Å². The number of unbranched alkanes of at least 4 members (excludes halogenated alkanes) is 12. The van der Waals surface area contributed by atoms with Crippen LogP contribution in [0.25, 0.3) is 0 Å². The number of hydrogen-bond donors (Lipinski definition) is 1. The van der Waals surface area contributed by atoms with Gasteiger partial charge in [-0.15, -0.1) is 0 Å². The van der Waals surface area contributed by atoms with Gasteiger partial charge in [0.05, 0.1) is 16.2 Å². The molecule has 2 unspecified atom stereocenters. The van der Waals surface area contributed by atoms with Gasteiger partial charge in [0.2, 0.25) is 0 Å². The second kappa shape index (κ2) is 21.1. The summed E-state index contributed by atoms with van der Waals surface area (Å²) in [5.41, 5.74) is 0. The summed E-state index contributed by atoms with van der Waals surface area (Å²) in [6, 6.07) is 0. The van der Waals surface area contributed by atoms with Gasteiger partial charge in [-0.3, -0.25) is 0 Å². The van der Waals surface area contributed by atoms with E-state index in [1.807, 2.05) is 0 Å². The van der Waals surface area contributed by atoms with E-state index in [4.69, 9.17) is 0 Å². The zero-order valence-corrected chi connectivity index (χ0v) is 21.8. The van der Waals surface area contributed by atoms with Crippen LogP contribution in [0.1, 0.15) is 129 Å². The van der Waals surface area contributed by atoms with Crippen LogP contribution >= 0.6 is 0 Å². The molecule has 0 radical (unpaired) electrons. The van der Waals surface area contributed by atoms with Crippen LogP contribution in [0.15, 0.2) is 0 Å². The van der Waals surface area contributed by atoms with Crippen molar-refractivity contribution in [3.63, 3.8) is 0 Å². The molecule has 6 heteroatoms. The molecule has 0 fully saturated rings. The maximum Gasteiger partial charge on any atom is 1.00 e. The van der Waals surface area contributed by atoms with E-state index in [-0.39, 0.29) is 35.7 Å². The van der Waals surface area contributed by atoms with Crippen molar-refractivity contribution < 1.29 is 47.6 Å². The Hall–Kier alpha value is 0.870. The molecule has 0 aromatic rings. The van der Waals surface area contributed by atoms with Gasteiger partial charge in [0.1, 0.15) is 0 Å². The molecular formula is C22H45NaO4S. The van der Waals surface area contributed by atoms with Crippen LogP contribution in [-0.4, -0.2) is 29.4 Å². The van der Waals surface area contributed by atoms with Gasteiger partial charge in [-0.05, 0) is 25.7 Å². The smallest absolute Gasteiger partial charge is 0.748 e. The molecule has 0 aliphatic carbocycles. The number of aliphatic hydroxyl groups excluding tert-OH is 1. The number of rotatable bonds is 20. The predicted molar refractivity (Wildman–Crippen MR) is 114 cm³/mol. The quantitative estimate of drug-likeness (QED) is 0.183. The fraction of sp³-hybridized carbons (Fsp3) is 1.00. The normalized spacial score (nSPS) is 13.9. The van der Waals surface area contributed by atoms with E-state index in [2.05, 4.69) is 6.92 Å². The fourth-order valence-electron chi connectivity index (χ4n) is 3.67. The van der Waals surface area contributed by atoms with E-state index < -0.39 is 15.4 Å². The van der Waals surface area contributed by atoms with Crippen molar-refractivity contribution in [2.45, 2.75) is 141 Å². The molecule has 0 bridgehead atoms. The Morgan fingerprint density at radius 3 is 1.39 bits per heavy atom. The Bertz CT molecular complexity index is 415. The van der Waals surface area contributed by atoms with E-state index >= 15 is 0 Å². The first-order valence-corrected chi connectivity index (χ1v) is 13.0. The third-order valence-electron chi connectivity index (χ3n) is 5.57. The molecule has 0 heterocycles. The first-order chi connectivity index (χ1) is 12.9. The van der Waals surface area contributed by atoms with Crippen molar-refractivity contribution in [1.82, 2.24) is 0 Å². The third kappa shape index (κ3) is 20.2. The maximum absolute atomic E-state index is 11.0. The number of aliphatic hydroxyl groups is 1. The minimum absolute atomic E-state index is 0. The SMILES string of the molecule is CCCCCCCCC(O)CCCCCCCCCCC(CC)S(=O)(=O)[O-].[Na+]. The van der Waals surface area contributed by atoms with Crippen LogP contribution in [0.3, 0.4) is 0 Å². The topological polar surface area (TPSA) is 77.4 Å². The summed E-state index contributed by atoms with van der Waals surface area (Å²) in [4.78, 5) is 0. The van der Waals surface area contributed by atoms with Crippen LogP contribution in [0.5, 0.6) is 0 Å². The molecule has 0 amide bonds. The maximum atomic E-state index is 11.0. The molecule has 0 aromatic heterocycles. The summed E-state index contributed by atoms with van der Waals surface area (Å²) in [6.07, 6.45) is 19.3. The average Bonchev–Trinajstić information content (AvgIpc) is 2.61. The van der Waals surface area contributed by atoms with Crippen molar-refractivity contribution in [2.24, 2.45) is 0 Å². The Balaban J connectivity index is 0. The summed E-state index contributed by atoms with van der Waals surface area (Å²) in [6.45, 7) is 4.00. The molecule has 0 spiro atoms. The summed E-state index contributed by atoms with van der Waals surface area (Å²) >= 11 is 0. The average molecular weight is 429 g/mol. The van der Waals surface area contributed by atoms with Gasteiger partial charge in [0, 0.05) is 5.25 Å². The van der Waals surface area contributed by atoms with E-state index in [9.17, 15) is 18.1 Å². The van der Waals surface area contributed by atoms with Crippen LogP contribution in [0.2, 0.25) is 0 Å². The Kier molecular flexibility index (Phi) is 23.4. The molecule has 28 heavy (non-hydrogen) atoms. The Morgan fingerprint density at radius 1 is 0.679 bits per heavy atom. The largest absolute Gasteiger partial charge is 1.00 e. The zero-order valence-electron chi connectivity index (χ0n) is 19.0. The third-order valence-corrected chi connectivity index (χ3v) is 6.95. The van der Waals surface area contributed by atoms with E-state index in [1.54, 1.807) is 6.92 Å². The van der Waals surface area contributed by atoms with Crippen LogP contribution in [0, 0.1) is 0 Å². The molecular weight excluding hydrogens is 383 g/mol. The minimum Gasteiger partial charge on any atom is -0.748 e. The molecule has 0 saturated heterocycles. The van der Waals surface area contributed by atoms with Crippen LogP contribution in [-0.2, 0) is 10.1 Å². The molecule has 0 aromatic carbocycles. The van der Waals surface area contributed by atoms with E-state index in [1.165, 1.54) is 57.8 Å². The van der Waals surface area contributed by atoms with Gasteiger partial charge >= 0.3 is 29.6 Å². The molecule has 1 N–H and O–H groups in total. The summed E-state index contributed by atoms with van der Waals surface area (Å²) < 4.78 is 33.0. The standard InChI is InChI=1S/C22H46O4S.Na/c1-3-5-6-7-12-15-18-21(23)19-16-13-10-8-9-11-14-17-20-22(4-2)27(24,25)26;/h21-23H,3-20H2,1-2H3,(H,24,25,26);/q;+1/p-1. The first-order valence-electron chi connectivity index (χ1n) is 11.5. The second-order valence-electron chi connectivity index (χ2n) is 8.14. The predicted octanol–water partition coefficient (Wildman–Crippen LogP) is 3.33. The van der Waals surface area contributed by atoms with Crippen molar-refractivity contribution >= 4 is 10.1 Å². The van der Waals surface area contributed by atoms with Gasteiger partial charge in [-0.25, -0.2) is 8.42 Å². The van der Waals surface area contributed by atoms with Gasteiger partial charge in [-0.2, -0.15) is 0 Å². The fourth-order valence-corrected chi connectivity index (χ4v) is 4.53. The minimum atomic E-state index is -4.11. The van der Waals surface area contributed by atoms with Crippen molar-refractivity contribution in [3.05, 3.63) is 0 Å². The molecule has 4 nitrogen and oxygen atoms in total. The van der Waals surface area contributed by atoms with Crippen molar-refractivity contribution in [3.8, 4) is 0 Å². The Labute approximate surface area is 197 Å². The van der Waals surface area contributed by atoms with Crippen LogP contribution in [0.4, 0.5) is 0 Å². The van der Waals surface area contributed by atoms with Gasteiger partial charge in [0.15, 0.2) is 0 Å². The summed E-state index contributed by atoms with van der Waals surface area (Å²) in [5.74, 6) is 0. The monoisotopic (exact) mass is 428 g/mol. The molecule has 164 valence electrons. The first kappa shape index (κ1) is 31.1. The van der Waals surface area contributed by atoms with Gasteiger partial charge < -0.3 is 9.66 Å². The second-order valence-corrected chi connectivity index (χ2v) is 9.79. The molecule has 0 aliphatic rings. The van der Waals surface area contributed by atoms with Gasteiger partial charge in [-0.1, -0.05) is 104 Å². The molecule has 0 aliphatic heterocycles. The van der Waals surface area contributed by atoms with Gasteiger partial charge in [0.25, 0.3) is 0 Å². The van der Waals surface area contributed by atoms with E-state index in [0.29, 0.717) is 12.8 Å².